The van der Waals surface area contributed by atoms with E-state index in [0.29, 0.717) is 11.6 Å². The summed E-state index contributed by atoms with van der Waals surface area (Å²) < 4.78 is 7.43. The van der Waals surface area contributed by atoms with Crippen molar-refractivity contribution in [2.45, 2.75) is 39.3 Å². The summed E-state index contributed by atoms with van der Waals surface area (Å²) in [7, 11) is 0. The molecule has 1 aromatic heterocycles. The topological polar surface area (TPSA) is 63.7 Å². The first-order valence-corrected chi connectivity index (χ1v) is 5.67. The molecule has 86 valence electrons. The maximum Gasteiger partial charge on any atom is 0.188 e. The molecule has 1 aliphatic heterocycles. The summed E-state index contributed by atoms with van der Waals surface area (Å²) in [5, 5.41) is 16.9. The number of ether oxygens (including phenoxy) is 1. The SMILES string of the molecule is CC(C)Cn1nnc(C#N)c1C1CCCO1. The van der Waals surface area contributed by atoms with E-state index in [9.17, 15) is 0 Å². The average molecular weight is 220 g/mol. The molecule has 0 N–H and O–H groups in total. The van der Waals surface area contributed by atoms with Crippen LogP contribution in [0.2, 0.25) is 0 Å². The highest BCUT2D eigenvalue weighted by Gasteiger charge is 2.26. The molecule has 0 aliphatic carbocycles. The van der Waals surface area contributed by atoms with Crippen molar-refractivity contribution in [1.29, 1.82) is 5.26 Å². The quantitative estimate of drug-likeness (QED) is 0.777. The van der Waals surface area contributed by atoms with E-state index in [-0.39, 0.29) is 6.10 Å². The minimum absolute atomic E-state index is 0.00315. The first-order chi connectivity index (χ1) is 7.72. The minimum atomic E-state index is 0.00315. The van der Waals surface area contributed by atoms with Crippen LogP contribution in [0.3, 0.4) is 0 Å². The molecular weight excluding hydrogens is 204 g/mol. The van der Waals surface area contributed by atoms with Crippen molar-refractivity contribution in [2.24, 2.45) is 5.92 Å². The van der Waals surface area contributed by atoms with Gasteiger partial charge in [0, 0.05) is 13.2 Å². The molecule has 1 atom stereocenters. The van der Waals surface area contributed by atoms with Gasteiger partial charge in [-0.05, 0) is 18.8 Å². The molecule has 2 rings (SSSR count). The predicted octanol–water partition coefficient (Wildman–Crippen LogP) is 1.66. The summed E-state index contributed by atoms with van der Waals surface area (Å²) in [6, 6.07) is 2.09. The molecule has 16 heavy (non-hydrogen) atoms. The van der Waals surface area contributed by atoms with E-state index in [0.717, 1.165) is 31.7 Å². The van der Waals surface area contributed by atoms with Gasteiger partial charge in [-0.25, -0.2) is 4.68 Å². The van der Waals surface area contributed by atoms with Crippen LogP contribution in [0.15, 0.2) is 0 Å². The molecule has 5 nitrogen and oxygen atoms in total. The van der Waals surface area contributed by atoms with Gasteiger partial charge in [0.05, 0.1) is 0 Å². The number of nitriles is 1. The molecule has 1 saturated heterocycles. The third-order valence-corrected chi connectivity index (χ3v) is 2.65. The van der Waals surface area contributed by atoms with Crippen molar-refractivity contribution in [3.63, 3.8) is 0 Å². The third kappa shape index (κ3) is 2.07. The predicted molar refractivity (Wildman–Crippen MR) is 57.5 cm³/mol. The Morgan fingerprint density at radius 2 is 2.44 bits per heavy atom. The highest BCUT2D eigenvalue weighted by atomic mass is 16.5. The van der Waals surface area contributed by atoms with E-state index in [2.05, 4.69) is 30.2 Å². The van der Waals surface area contributed by atoms with Crippen LogP contribution >= 0.6 is 0 Å². The summed E-state index contributed by atoms with van der Waals surface area (Å²) >= 11 is 0. The number of hydrogen-bond donors (Lipinski definition) is 0. The molecule has 0 radical (unpaired) electrons. The van der Waals surface area contributed by atoms with Crippen LogP contribution in [0.5, 0.6) is 0 Å². The summed E-state index contributed by atoms with van der Waals surface area (Å²) in [4.78, 5) is 0. The van der Waals surface area contributed by atoms with Gasteiger partial charge in [-0.2, -0.15) is 5.26 Å². The van der Waals surface area contributed by atoms with Crippen molar-refractivity contribution in [3.05, 3.63) is 11.4 Å². The van der Waals surface area contributed by atoms with Crippen LogP contribution in [0.4, 0.5) is 0 Å². The number of nitrogens with zero attached hydrogens (tertiary/aromatic N) is 4. The van der Waals surface area contributed by atoms with Gasteiger partial charge in [0.15, 0.2) is 5.69 Å². The van der Waals surface area contributed by atoms with Crippen molar-refractivity contribution < 1.29 is 4.74 Å². The first kappa shape index (κ1) is 11.1. The summed E-state index contributed by atoms with van der Waals surface area (Å²) in [6.07, 6.45) is 2.01. The zero-order valence-electron chi connectivity index (χ0n) is 9.68. The van der Waals surface area contributed by atoms with Crippen LogP contribution in [0.25, 0.3) is 0 Å². The van der Waals surface area contributed by atoms with Gasteiger partial charge in [-0.15, -0.1) is 5.10 Å². The van der Waals surface area contributed by atoms with Gasteiger partial charge >= 0.3 is 0 Å². The van der Waals surface area contributed by atoms with Gasteiger partial charge in [0.1, 0.15) is 17.9 Å². The molecule has 0 amide bonds. The molecule has 1 unspecified atom stereocenters. The van der Waals surface area contributed by atoms with Crippen LogP contribution in [0, 0.1) is 17.2 Å². The van der Waals surface area contributed by atoms with Gasteiger partial charge in [-0.3, -0.25) is 0 Å². The van der Waals surface area contributed by atoms with Crippen molar-refractivity contribution in [3.8, 4) is 6.07 Å². The molecule has 1 aliphatic rings. The standard InChI is InChI=1S/C11H16N4O/c1-8(2)7-15-11(9(6-12)13-14-15)10-4-3-5-16-10/h8,10H,3-5,7H2,1-2H3. The van der Waals surface area contributed by atoms with Gasteiger partial charge in [0.2, 0.25) is 0 Å². The van der Waals surface area contributed by atoms with E-state index >= 15 is 0 Å². The maximum absolute atomic E-state index is 9.00. The molecule has 2 heterocycles. The zero-order chi connectivity index (χ0) is 11.5. The fraction of sp³-hybridized carbons (Fsp3) is 0.727. The zero-order valence-corrected chi connectivity index (χ0v) is 9.68. The second-order valence-corrected chi connectivity index (χ2v) is 4.51. The summed E-state index contributed by atoms with van der Waals surface area (Å²) in [6.45, 7) is 5.78. The van der Waals surface area contributed by atoms with E-state index in [1.165, 1.54) is 0 Å². The largest absolute Gasteiger partial charge is 0.372 e. The van der Waals surface area contributed by atoms with Crippen LogP contribution in [-0.2, 0) is 11.3 Å². The van der Waals surface area contributed by atoms with Crippen molar-refractivity contribution in [1.82, 2.24) is 15.0 Å². The lowest BCUT2D eigenvalue weighted by Gasteiger charge is -2.13. The number of rotatable bonds is 3. The molecule has 0 spiro atoms. The Labute approximate surface area is 95.0 Å². The molecule has 0 bridgehead atoms. The van der Waals surface area contributed by atoms with Crippen molar-refractivity contribution in [2.75, 3.05) is 6.61 Å². The fourth-order valence-electron chi connectivity index (χ4n) is 1.99. The molecular formula is C11H16N4O. The lowest BCUT2D eigenvalue weighted by atomic mass is 10.1. The normalized spacial score (nSPS) is 20.2. The van der Waals surface area contributed by atoms with Gasteiger partial charge in [0.25, 0.3) is 0 Å². The lowest BCUT2D eigenvalue weighted by molar-refractivity contribution is 0.103. The molecule has 1 fully saturated rings. The monoisotopic (exact) mass is 220 g/mol. The Kier molecular flexibility index (Phi) is 3.20. The molecule has 0 saturated carbocycles. The number of hydrogen-bond acceptors (Lipinski definition) is 4. The highest BCUT2D eigenvalue weighted by Crippen LogP contribution is 2.30. The Bertz CT molecular complexity index is 399. The first-order valence-electron chi connectivity index (χ1n) is 5.67. The second kappa shape index (κ2) is 4.62. The highest BCUT2D eigenvalue weighted by molar-refractivity contribution is 5.27. The Balaban J connectivity index is 2.31. The minimum Gasteiger partial charge on any atom is -0.372 e. The Morgan fingerprint density at radius 1 is 1.62 bits per heavy atom. The van der Waals surface area contributed by atoms with Crippen LogP contribution in [0.1, 0.15) is 44.2 Å². The van der Waals surface area contributed by atoms with E-state index in [4.69, 9.17) is 10.00 Å². The fourth-order valence-corrected chi connectivity index (χ4v) is 1.99. The summed E-state index contributed by atoms with van der Waals surface area (Å²) in [5.41, 5.74) is 1.27. The van der Waals surface area contributed by atoms with E-state index in [1.807, 2.05) is 4.68 Å². The Morgan fingerprint density at radius 3 is 3.00 bits per heavy atom. The lowest BCUT2D eigenvalue weighted by Crippen LogP contribution is -2.13. The average Bonchev–Trinajstić information content (AvgIpc) is 2.84. The summed E-state index contributed by atoms with van der Waals surface area (Å²) in [5.74, 6) is 0.480. The van der Waals surface area contributed by atoms with Crippen LogP contribution in [-0.4, -0.2) is 21.6 Å². The second-order valence-electron chi connectivity index (χ2n) is 4.51. The molecule has 5 heteroatoms. The van der Waals surface area contributed by atoms with E-state index in [1.54, 1.807) is 0 Å². The van der Waals surface area contributed by atoms with Gasteiger partial charge in [-0.1, -0.05) is 19.1 Å². The molecule has 0 aromatic carbocycles. The van der Waals surface area contributed by atoms with Crippen LogP contribution < -0.4 is 0 Å². The number of aromatic nitrogens is 3. The maximum atomic E-state index is 9.00. The smallest absolute Gasteiger partial charge is 0.188 e. The van der Waals surface area contributed by atoms with Gasteiger partial charge < -0.3 is 4.74 Å². The molecule has 1 aromatic rings. The third-order valence-electron chi connectivity index (χ3n) is 2.65. The van der Waals surface area contributed by atoms with E-state index < -0.39 is 0 Å². The van der Waals surface area contributed by atoms with Crippen molar-refractivity contribution >= 4 is 0 Å². The Hall–Kier alpha value is -1.41.